The number of nitrogens with one attached hydrogen (secondary N) is 2. The first kappa shape index (κ1) is 14.6. The molecule has 0 saturated carbocycles. The molecule has 1 aromatic carbocycles. The third kappa shape index (κ3) is 4.41. The minimum Gasteiger partial charge on any atom is -0.356 e. The van der Waals surface area contributed by atoms with E-state index in [2.05, 4.69) is 10.6 Å². The normalized spacial score (nSPS) is 12.2. The van der Waals surface area contributed by atoms with Gasteiger partial charge in [-0.05, 0) is 31.5 Å². The van der Waals surface area contributed by atoms with Crippen molar-refractivity contribution in [2.75, 3.05) is 13.1 Å². The number of halogens is 2. The molecule has 100 valence electrons. The van der Waals surface area contributed by atoms with Gasteiger partial charge in [0.15, 0.2) is 11.6 Å². The van der Waals surface area contributed by atoms with Crippen LogP contribution in [0.1, 0.15) is 31.9 Å². The average Bonchev–Trinajstić information content (AvgIpc) is 2.33. The van der Waals surface area contributed by atoms with Crippen molar-refractivity contribution in [2.24, 2.45) is 0 Å². The molecule has 3 nitrogen and oxygen atoms in total. The van der Waals surface area contributed by atoms with Crippen molar-refractivity contribution in [3.63, 3.8) is 0 Å². The van der Waals surface area contributed by atoms with Crippen molar-refractivity contribution in [2.45, 2.75) is 26.3 Å². The van der Waals surface area contributed by atoms with Gasteiger partial charge in [0.25, 0.3) is 0 Å². The van der Waals surface area contributed by atoms with Gasteiger partial charge in [-0.25, -0.2) is 8.78 Å². The highest BCUT2D eigenvalue weighted by Gasteiger charge is 2.09. The molecule has 18 heavy (non-hydrogen) atoms. The van der Waals surface area contributed by atoms with Crippen LogP contribution in [-0.2, 0) is 4.79 Å². The highest BCUT2D eigenvalue weighted by molar-refractivity contribution is 5.75. The molecule has 0 aliphatic carbocycles. The van der Waals surface area contributed by atoms with E-state index < -0.39 is 11.6 Å². The minimum atomic E-state index is -0.857. The van der Waals surface area contributed by atoms with Gasteiger partial charge >= 0.3 is 0 Å². The van der Waals surface area contributed by atoms with Gasteiger partial charge in [-0.2, -0.15) is 0 Å². The molecular weight excluding hydrogens is 238 g/mol. The monoisotopic (exact) mass is 256 g/mol. The summed E-state index contributed by atoms with van der Waals surface area (Å²) in [6, 6.07) is 3.67. The Morgan fingerprint density at radius 3 is 2.67 bits per heavy atom. The largest absolute Gasteiger partial charge is 0.356 e. The Morgan fingerprint density at radius 1 is 1.33 bits per heavy atom. The van der Waals surface area contributed by atoms with Crippen LogP contribution in [0.5, 0.6) is 0 Å². The van der Waals surface area contributed by atoms with Crippen LogP contribution >= 0.6 is 0 Å². The zero-order valence-corrected chi connectivity index (χ0v) is 10.6. The van der Waals surface area contributed by atoms with E-state index in [1.807, 2.05) is 13.8 Å². The molecule has 0 aromatic heterocycles. The predicted molar refractivity (Wildman–Crippen MR) is 66.1 cm³/mol. The van der Waals surface area contributed by atoms with Crippen molar-refractivity contribution in [1.29, 1.82) is 0 Å². The summed E-state index contributed by atoms with van der Waals surface area (Å²) < 4.78 is 25.8. The van der Waals surface area contributed by atoms with Crippen molar-refractivity contribution >= 4 is 5.91 Å². The van der Waals surface area contributed by atoms with Gasteiger partial charge in [-0.3, -0.25) is 4.79 Å². The SMILES string of the molecule is CCNC(=O)CCNC(C)c1ccc(F)c(F)c1. The smallest absolute Gasteiger partial charge is 0.221 e. The fraction of sp³-hybridized carbons (Fsp3) is 0.462. The van der Waals surface area contributed by atoms with Crippen LogP contribution in [0.25, 0.3) is 0 Å². The molecule has 1 atom stereocenters. The van der Waals surface area contributed by atoms with Crippen molar-refractivity contribution in [3.8, 4) is 0 Å². The van der Waals surface area contributed by atoms with E-state index in [0.717, 1.165) is 6.07 Å². The quantitative estimate of drug-likeness (QED) is 0.818. The Kier molecular flexibility index (Phi) is 5.71. The summed E-state index contributed by atoms with van der Waals surface area (Å²) in [5, 5.41) is 5.77. The highest BCUT2D eigenvalue weighted by Crippen LogP contribution is 2.15. The molecule has 1 amide bonds. The topological polar surface area (TPSA) is 41.1 Å². The summed E-state index contributed by atoms with van der Waals surface area (Å²) in [6.45, 7) is 4.79. The average molecular weight is 256 g/mol. The summed E-state index contributed by atoms with van der Waals surface area (Å²) in [5.41, 5.74) is 0.657. The summed E-state index contributed by atoms with van der Waals surface area (Å²) in [5.74, 6) is -1.74. The van der Waals surface area contributed by atoms with Gasteiger partial charge in [-0.15, -0.1) is 0 Å². The summed E-state index contributed by atoms with van der Waals surface area (Å²) in [4.78, 5) is 11.2. The number of amides is 1. The molecule has 1 unspecified atom stereocenters. The first-order chi connectivity index (χ1) is 8.54. The van der Waals surface area contributed by atoms with E-state index in [0.29, 0.717) is 25.1 Å². The third-order valence-electron chi connectivity index (χ3n) is 2.62. The zero-order chi connectivity index (χ0) is 13.5. The second-order valence-electron chi connectivity index (χ2n) is 4.05. The van der Waals surface area contributed by atoms with E-state index in [-0.39, 0.29) is 11.9 Å². The fourth-order valence-electron chi connectivity index (χ4n) is 1.59. The van der Waals surface area contributed by atoms with Gasteiger partial charge in [-0.1, -0.05) is 6.07 Å². The lowest BCUT2D eigenvalue weighted by Gasteiger charge is -2.14. The summed E-state index contributed by atoms with van der Waals surface area (Å²) in [7, 11) is 0. The zero-order valence-electron chi connectivity index (χ0n) is 10.6. The van der Waals surface area contributed by atoms with E-state index >= 15 is 0 Å². The van der Waals surface area contributed by atoms with Gasteiger partial charge in [0.1, 0.15) is 0 Å². The van der Waals surface area contributed by atoms with Crippen LogP contribution in [0.3, 0.4) is 0 Å². The van der Waals surface area contributed by atoms with E-state index in [9.17, 15) is 13.6 Å². The molecular formula is C13H18F2N2O. The van der Waals surface area contributed by atoms with Crippen LogP contribution in [0.4, 0.5) is 8.78 Å². The summed E-state index contributed by atoms with van der Waals surface area (Å²) >= 11 is 0. The molecule has 0 heterocycles. The lowest BCUT2D eigenvalue weighted by molar-refractivity contribution is -0.120. The van der Waals surface area contributed by atoms with Crippen molar-refractivity contribution < 1.29 is 13.6 Å². The Hall–Kier alpha value is -1.49. The minimum absolute atomic E-state index is 0.0255. The van der Waals surface area contributed by atoms with Crippen LogP contribution in [0.2, 0.25) is 0 Å². The molecule has 0 spiro atoms. The Bertz CT molecular complexity index is 410. The van der Waals surface area contributed by atoms with Crippen LogP contribution < -0.4 is 10.6 Å². The first-order valence-electron chi connectivity index (χ1n) is 5.99. The molecule has 0 aliphatic heterocycles. The van der Waals surface area contributed by atoms with Gasteiger partial charge in [0.2, 0.25) is 5.91 Å². The maximum absolute atomic E-state index is 13.0. The first-order valence-corrected chi connectivity index (χ1v) is 5.99. The van der Waals surface area contributed by atoms with Crippen molar-refractivity contribution in [3.05, 3.63) is 35.4 Å². The molecule has 2 N–H and O–H groups in total. The van der Waals surface area contributed by atoms with E-state index in [4.69, 9.17) is 0 Å². The second-order valence-corrected chi connectivity index (χ2v) is 4.05. The van der Waals surface area contributed by atoms with E-state index in [1.54, 1.807) is 0 Å². The van der Waals surface area contributed by atoms with Gasteiger partial charge in [0, 0.05) is 25.6 Å². The molecule has 5 heteroatoms. The molecule has 1 rings (SSSR count). The molecule has 1 aromatic rings. The Labute approximate surface area is 106 Å². The molecule has 0 bridgehead atoms. The highest BCUT2D eigenvalue weighted by atomic mass is 19.2. The van der Waals surface area contributed by atoms with Gasteiger partial charge < -0.3 is 10.6 Å². The van der Waals surface area contributed by atoms with Gasteiger partial charge in [0.05, 0.1) is 0 Å². The maximum Gasteiger partial charge on any atom is 0.221 e. The number of carbonyl (C=O) groups is 1. The Balaban J connectivity index is 2.43. The molecule has 0 radical (unpaired) electrons. The molecule has 0 aliphatic rings. The number of rotatable bonds is 6. The number of hydrogen-bond acceptors (Lipinski definition) is 2. The Morgan fingerprint density at radius 2 is 2.06 bits per heavy atom. The summed E-state index contributed by atoms with van der Waals surface area (Å²) in [6.07, 6.45) is 0.363. The van der Waals surface area contributed by atoms with Crippen LogP contribution in [-0.4, -0.2) is 19.0 Å². The predicted octanol–water partition coefficient (Wildman–Crippen LogP) is 2.14. The molecule has 0 fully saturated rings. The number of hydrogen-bond donors (Lipinski definition) is 2. The van der Waals surface area contributed by atoms with Crippen molar-refractivity contribution in [1.82, 2.24) is 10.6 Å². The standard InChI is InChI=1S/C13H18F2N2O/c1-3-16-13(18)6-7-17-9(2)10-4-5-11(14)12(15)8-10/h4-5,8-9,17H,3,6-7H2,1-2H3,(H,16,18). The lowest BCUT2D eigenvalue weighted by Crippen LogP contribution is -2.28. The second kappa shape index (κ2) is 7.06. The fourth-order valence-corrected chi connectivity index (χ4v) is 1.59. The van der Waals surface area contributed by atoms with Crippen LogP contribution in [0, 0.1) is 11.6 Å². The van der Waals surface area contributed by atoms with E-state index in [1.165, 1.54) is 12.1 Å². The third-order valence-corrected chi connectivity index (χ3v) is 2.62. The van der Waals surface area contributed by atoms with Crippen LogP contribution in [0.15, 0.2) is 18.2 Å². The number of carbonyl (C=O) groups excluding carboxylic acids is 1. The number of benzene rings is 1. The maximum atomic E-state index is 13.0. The molecule has 0 saturated heterocycles. The lowest BCUT2D eigenvalue weighted by atomic mass is 10.1.